The van der Waals surface area contributed by atoms with Crippen LogP contribution in [-0.4, -0.2) is 10.2 Å². The molecule has 4 aliphatic rings. The predicted molar refractivity (Wildman–Crippen MR) is 106 cm³/mol. The summed E-state index contributed by atoms with van der Waals surface area (Å²) in [6, 6.07) is 8.05. The van der Waals surface area contributed by atoms with E-state index >= 15 is 0 Å². The standard InChI is InChI=1S/C24H30O2/c1-24(2,3)20-10-15-9-19(21(25)11-16(15)12-22(20)26)23-17-5-13-4-14(7-17)8-18(23)6-13/h9-14,17-18,23,25-26H,4-8H2,1-3H3. The Balaban J connectivity index is 1.62. The van der Waals surface area contributed by atoms with Crippen LogP contribution in [0.3, 0.4) is 0 Å². The molecule has 6 rings (SSSR count). The first-order valence-electron chi connectivity index (χ1n) is 10.3. The maximum Gasteiger partial charge on any atom is 0.119 e. The Morgan fingerprint density at radius 1 is 0.731 bits per heavy atom. The Morgan fingerprint density at radius 2 is 1.27 bits per heavy atom. The molecule has 0 unspecified atom stereocenters. The number of aromatic hydroxyl groups is 2. The first kappa shape index (κ1) is 16.5. The topological polar surface area (TPSA) is 40.5 Å². The molecule has 0 radical (unpaired) electrons. The minimum atomic E-state index is -0.0983. The van der Waals surface area contributed by atoms with Crippen molar-refractivity contribution in [3.63, 3.8) is 0 Å². The van der Waals surface area contributed by atoms with Gasteiger partial charge in [0.1, 0.15) is 11.5 Å². The van der Waals surface area contributed by atoms with E-state index in [2.05, 4.69) is 32.9 Å². The minimum absolute atomic E-state index is 0.0983. The fourth-order valence-corrected chi connectivity index (χ4v) is 6.64. The lowest BCUT2D eigenvalue weighted by Crippen LogP contribution is -2.43. The van der Waals surface area contributed by atoms with Gasteiger partial charge in [0.15, 0.2) is 0 Å². The van der Waals surface area contributed by atoms with Crippen LogP contribution in [0.4, 0.5) is 0 Å². The highest BCUT2D eigenvalue weighted by atomic mass is 16.3. The highest BCUT2D eigenvalue weighted by molar-refractivity contribution is 5.87. The third-order valence-electron chi connectivity index (χ3n) is 7.49. The molecule has 2 aromatic carbocycles. The Bertz CT molecular complexity index is 846. The number of phenolic OH excluding ortho intramolecular Hbond substituents is 2. The molecular formula is C24H30O2. The van der Waals surface area contributed by atoms with Crippen molar-refractivity contribution < 1.29 is 10.2 Å². The summed E-state index contributed by atoms with van der Waals surface area (Å²) < 4.78 is 0. The van der Waals surface area contributed by atoms with Crippen LogP contribution in [0, 0.1) is 23.7 Å². The Labute approximate surface area is 156 Å². The zero-order valence-corrected chi connectivity index (χ0v) is 16.1. The van der Waals surface area contributed by atoms with Gasteiger partial charge in [-0.05, 0) is 113 Å². The molecule has 0 aromatic heterocycles. The normalized spacial score (nSPS) is 33.1. The van der Waals surface area contributed by atoms with Gasteiger partial charge in [0, 0.05) is 0 Å². The van der Waals surface area contributed by atoms with Crippen molar-refractivity contribution in [1.29, 1.82) is 0 Å². The molecule has 4 aliphatic carbocycles. The molecule has 0 amide bonds. The van der Waals surface area contributed by atoms with Gasteiger partial charge in [-0.2, -0.15) is 0 Å². The summed E-state index contributed by atoms with van der Waals surface area (Å²) in [6.07, 6.45) is 6.89. The summed E-state index contributed by atoms with van der Waals surface area (Å²) in [5, 5.41) is 23.3. The molecule has 0 spiro atoms. The van der Waals surface area contributed by atoms with E-state index in [1.54, 1.807) is 0 Å². The van der Waals surface area contributed by atoms with Gasteiger partial charge in [0.05, 0.1) is 0 Å². The fraction of sp³-hybridized carbons (Fsp3) is 0.583. The van der Waals surface area contributed by atoms with Crippen molar-refractivity contribution in [3.05, 3.63) is 35.4 Å². The van der Waals surface area contributed by atoms with Crippen molar-refractivity contribution in [2.45, 2.75) is 64.2 Å². The molecule has 4 bridgehead atoms. The average molecular weight is 351 g/mol. The van der Waals surface area contributed by atoms with Crippen molar-refractivity contribution in [3.8, 4) is 11.5 Å². The summed E-state index contributed by atoms with van der Waals surface area (Å²) >= 11 is 0. The van der Waals surface area contributed by atoms with Gasteiger partial charge >= 0.3 is 0 Å². The van der Waals surface area contributed by atoms with Crippen LogP contribution >= 0.6 is 0 Å². The van der Waals surface area contributed by atoms with Crippen molar-refractivity contribution in [1.82, 2.24) is 0 Å². The van der Waals surface area contributed by atoms with Crippen molar-refractivity contribution in [2.75, 3.05) is 0 Å². The van der Waals surface area contributed by atoms with E-state index in [0.29, 0.717) is 17.4 Å². The van der Waals surface area contributed by atoms with E-state index < -0.39 is 0 Å². The maximum absolute atomic E-state index is 10.8. The Kier molecular flexibility index (Phi) is 3.42. The molecular weight excluding hydrogens is 320 g/mol. The van der Waals surface area contributed by atoms with Crippen LogP contribution in [0.5, 0.6) is 11.5 Å². The van der Waals surface area contributed by atoms with E-state index in [4.69, 9.17) is 0 Å². The van der Waals surface area contributed by atoms with Crippen LogP contribution in [0.25, 0.3) is 10.8 Å². The van der Waals surface area contributed by atoms with Gasteiger partial charge in [-0.3, -0.25) is 0 Å². The SMILES string of the molecule is CC(C)(C)c1cc2cc(C3C4CC5CC(C4)CC3C5)c(O)cc2cc1O. The molecule has 138 valence electrons. The molecule has 0 atom stereocenters. The summed E-state index contributed by atoms with van der Waals surface area (Å²) in [4.78, 5) is 0. The van der Waals surface area contributed by atoms with Gasteiger partial charge in [0.25, 0.3) is 0 Å². The molecule has 26 heavy (non-hydrogen) atoms. The predicted octanol–water partition coefficient (Wildman–Crippen LogP) is 6.09. The van der Waals surface area contributed by atoms with Crippen molar-refractivity contribution in [2.24, 2.45) is 23.7 Å². The highest BCUT2D eigenvalue weighted by Gasteiger charge is 2.49. The molecule has 2 aromatic rings. The number of hydrogen-bond donors (Lipinski definition) is 2. The number of benzene rings is 2. The molecule has 0 aliphatic heterocycles. The van der Waals surface area contributed by atoms with Gasteiger partial charge in [0.2, 0.25) is 0 Å². The summed E-state index contributed by atoms with van der Waals surface area (Å²) in [5.74, 6) is 4.69. The van der Waals surface area contributed by atoms with E-state index in [9.17, 15) is 10.2 Å². The highest BCUT2D eigenvalue weighted by Crippen LogP contribution is 2.61. The van der Waals surface area contributed by atoms with Crippen LogP contribution in [0.2, 0.25) is 0 Å². The molecule has 2 nitrogen and oxygen atoms in total. The molecule has 2 N–H and O–H groups in total. The van der Waals surface area contributed by atoms with Gasteiger partial charge < -0.3 is 10.2 Å². The van der Waals surface area contributed by atoms with Crippen LogP contribution in [0.15, 0.2) is 24.3 Å². The first-order valence-corrected chi connectivity index (χ1v) is 10.3. The Hall–Kier alpha value is -1.70. The largest absolute Gasteiger partial charge is 0.508 e. The lowest BCUT2D eigenvalue weighted by atomic mass is 9.50. The fourth-order valence-electron chi connectivity index (χ4n) is 6.64. The van der Waals surface area contributed by atoms with E-state index in [0.717, 1.165) is 45.6 Å². The molecule has 4 saturated carbocycles. The first-order chi connectivity index (χ1) is 12.3. The number of fused-ring (bicyclic) bond motifs is 1. The number of hydrogen-bond acceptors (Lipinski definition) is 2. The lowest BCUT2D eigenvalue weighted by Gasteiger charge is -2.54. The second kappa shape index (κ2) is 5.41. The summed E-state index contributed by atoms with van der Waals surface area (Å²) in [5.41, 5.74) is 2.04. The van der Waals surface area contributed by atoms with E-state index in [1.165, 1.54) is 32.1 Å². The average Bonchev–Trinajstić information content (AvgIpc) is 2.53. The summed E-state index contributed by atoms with van der Waals surface area (Å²) in [7, 11) is 0. The van der Waals surface area contributed by atoms with Gasteiger partial charge in [-0.25, -0.2) is 0 Å². The zero-order valence-electron chi connectivity index (χ0n) is 16.1. The van der Waals surface area contributed by atoms with E-state index in [-0.39, 0.29) is 5.41 Å². The summed E-state index contributed by atoms with van der Waals surface area (Å²) in [6.45, 7) is 6.40. The van der Waals surface area contributed by atoms with Crippen LogP contribution in [-0.2, 0) is 5.41 Å². The lowest BCUT2D eigenvalue weighted by molar-refractivity contribution is -0.00342. The van der Waals surface area contributed by atoms with Crippen LogP contribution < -0.4 is 0 Å². The third-order valence-corrected chi connectivity index (χ3v) is 7.49. The molecule has 4 fully saturated rings. The quantitative estimate of drug-likeness (QED) is 0.653. The molecule has 2 heteroatoms. The smallest absolute Gasteiger partial charge is 0.119 e. The number of rotatable bonds is 1. The second-order valence-corrected chi connectivity index (χ2v) is 10.3. The van der Waals surface area contributed by atoms with Crippen molar-refractivity contribution >= 4 is 10.8 Å². The molecule has 0 saturated heterocycles. The maximum atomic E-state index is 10.8. The van der Waals surface area contributed by atoms with Crippen LogP contribution in [0.1, 0.15) is 69.9 Å². The monoisotopic (exact) mass is 350 g/mol. The van der Waals surface area contributed by atoms with E-state index in [1.807, 2.05) is 12.1 Å². The zero-order chi connectivity index (χ0) is 18.2. The second-order valence-electron chi connectivity index (χ2n) is 10.3. The molecule has 0 heterocycles. The Morgan fingerprint density at radius 3 is 1.85 bits per heavy atom. The van der Waals surface area contributed by atoms with Gasteiger partial charge in [-0.1, -0.05) is 20.8 Å². The minimum Gasteiger partial charge on any atom is -0.508 e. The number of phenols is 2. The third kappa shape index (κ3) is 2.45. The van der Waals surface area contributed by atoms with Gasteiger partial charge in [-0.15, -0.1) is 0 Å².